The number of aromatic nitrogens is 1. The highest BCUT2D eigenvalue weighted by atomic mass is 19.4. The van der Waals surface area contributed by atoms with E-state index in [-0.39, 0.29) is 23.2 Å². The Morgan fingerprint density at radius 3 is 2.22 bits per heavy atom. The molecule has 0 radical (unpaired) electrons. The highest BCUT2D eigenvalue weighted by Crippen LogP contribution is 2.52. The van der Waals surface area contributed by atoms with Crippen molar-refractivity contribution in [2.24, 2.45) is 5.41 Å². The van der Waals surface area contributed by atoms with E-state index in [0.29, 0.717) is 32.2 Å². The molecule has 0 unspecified atom stereocenters. The van der Waals surface area contributed by atoms with Crippen LogP contribution in [0.1, 0.15) is 81.4 Å². The molecule has 1 aromatic heterocycles. The fourth-order valence-corrected chi connectivity index (χ4v) is 5.58. The molecule has 2 aliphatic carbocycles. The lowest BCUT2D eigenvalue weighted by atomic mass is 9.60. The third-order valence-electron chi connectivity index (χ3n) is 7.45. The number of amides is 1. The van der Waals surface area contributed by atoms with E-state index in [1.165, 1.54) is 5.56 Å². The maximum Gasteiger partial charge on any atom is 0.471 e. The van der Waals surface area contributed by atoms with Crippen LogP contribution in [0.3, 0.4) is 0 Å². The second-order valence-corrected chi connectivity index (χ2v) is 12.4. The van der Waals surface area contributed by atoms with Crippen molar-refractivity contribution in [3.05, 3.63) is 71.6 Å². The predicted octanol–water partition coefficient (Wildman–Crippen LogP) is 6.66. The van der Waals surface area contributed by atoms with Gasteiger partial charge < -0.3 is 9.64 Å². The van der Waals surface area contributed by atoms with Crippen LogP contribution in [0.25, 0.3) is 6.08 Å². The van der Waals surface area contributed by atoms with Crippen molar-refractivity contribution in [3.8, 4) is 0 Å². The van der Waals surface area contributed by atoms with E-state index in [1.54, 1.807) is 33.0 Å². The average Bonchev–Trinajstić information content (AvgIpc) is 3.70. The van der Waals surface area contributed by atoms with Gasteiger partial charge in [-0.3, -0.25) is 9.69 Å². The van der Waals surface area contributed by atoms with Crippen LogP contribution in [-0.2, 0) is 16.1 Å². The van der Waals surface area contributed by atoms with E-state index in [9.17, 15) is 22.8 Å². The largest absolute Gasteiger partial charge is 0.471 e. The number of hydrogen-bond donors (Lipinski definition) is 0. The van der Waals surface area contributed by atoms with E-state index in [4.69, 9.17) is 4.74 Å². The maximum absolute atomic E-state index is 12.9. The molecule has 6 nitrogen and oxygen atoms in total. The van der Waals surface area contributed by atoms with Crippen molar-refractivity contribution < 1.29 is 27.5 Å². The van der Waals surface area contributed by atoms with E-state index in [1.807, 2.05) is 12.1 Å². The Kier molecular flexibility index (Phi) is 9.26. The molecule has 9 heteroatoms. The first-order valence-electron chi connectivity index (χ1n) is 14.3. The number of pyridine rings is 1. The van der Waals surface area contributed by atoms with E-state index in [0.717, 1.165) is 30.0 Å². The summed E-state index contributed by atoms with van der Waals surface area (Å²) >= 11 is 0. The van der Waals surface area contributed by atoms with Gasteiger partial charge in [0, 0.05) is 37.9 Å². The molecule has 222 valence electrons. The first kappa shape index (κ1) is 30.8. The van der Waals surface area contributed by atoms with Gasteiger partial charge in [0.25, 0.3) is 0 Å². The van der Waals surface area contributed by atoms with Gasteiger partial charge in [-0.1, -0.05) is 55.5 Å². The van der Waals surface area contributed by atoms with Gasteiger partial charge in [0.1, 0.15) is 11.3 Å². The Morgan fingerprint density at radius 2 is 1.71 bits per heavy atom. The topological polar surface area (TPSA) is 62.7 Å². The molecule has 1 amide bonds. The molecule has 3 fully saturated rings. The van der Waals surface area contributed by atoms with E-state index < -0.39 is 23.7 Å². The number of likely N-dealkylation sites (tertiary alicyclic amines) is 1. The third-order valence-corrected chi connectivity index (χ3v) is 7.45. The summed E-state index contributed by atoms with van der Waals surface area (Å²) in [5.74, 6) is -2.14. The summed E-state index contributed by atoms with van der Waals surface area (Å²) in [6.45, 7) is 9.81. The van der Waals surface area contributed by atoms with Crippen LogP contribution in [0, 0.1) is 5.41 Å². The Balaban J connectivity index is 0.000000328. The van der Waals surface area contributed by atoms with Gasteiger partial charge in [0.2, 0.25) is 0 Å². The molecule has 41 heavy (non-hydrogen) atoms. The van der Waals surface area contributed by atoms with Gasteiger partial charge in [-0.15, -0.1) is 0 Å². The maximum atomic E-state index is 12.9. The van der Waals surface area contributed by atoms with E-state index >= 15 is 0 Å². The number of alkyl halides is 3. The van der Waals surface area contributed by atoms with E-state index in [2.05, 4.69) is 53.2 Å². The van der Waals surface area contributed by atoms with Crippen LogP contribution in [0.5, 0.6) is 0 Å². The summed E-state index contributed by atoms with van der Waals surface area (Å²) in [5.41, 5.74) is 1.95. The number of nitrogens with zero attached hydrogens (tertiary/aromatic N) is 3. The molecule has 5 rings (SSSR count). The molecular formula is C32H40F3N3O3. The third kappa shape index (κ3) is 8.41. The van der Waals surface area contributed by atoms with Crippen molar-refractivity contribution >= 4 is 18.0 Å². The summed E-state index contributed by atoms with van der Waals surface area (Å²) < 4.78 is 44.1. The van der Waals surface area contributed by atoms with Crippen LogP contribution in [0.2, 0.25) is 0 Å². The van der Waals surface area contributed by atoms with Crippen molar-refractivity contribution in [2.75, 3.05) is 13.1 Å². The van der Waals surface area contributed by atoms with Crippen molar-refractivity contribution in [3.63, 3.8) is 0 Å². The summed E-state index contributed by atoms with van der Waals surface area (Å²) in [7, 11) is 0. The number of esters is 1. The molecule has 0 bridgehead atoms. The number of allylic oxidation sites excluding steroid dienone is 1. The van der Waals surface area contributed by atoms with Gasteiger partial charge >= 0.3 is 18.1 Å². The van der Waals surface area contributed by atoms with Gasteiger partial charge in [-0.2, -0.15) is 13.2 Å². The van der Waals surface area contributed by atoms with Gasteiger partial charge in [0.05, 0.1) is 0 Å². The quantitative estimate of drug-likeness (QED) is 0.348. The smallest absolute Gasteiger partial charge is 0.455 e. The lowest BCUT2D eigenvalue weighted by Gasteiger charge is -2.61. The lowest BCUT2D eigenvalue weighted by Crippen LogP contribution is -2.67. The molecule has 0 N–H and O–H groups in total. The van der Waals surface area contributed by atoms with Gasteiger partial charge in [0.15, 0.2) is 0 Å². The molecule has 1 aromatic carbocycles. The number of carbonyl (C=O) groups excluding carboxylic acids is 2. The summed E-state index contributed by atoms with van der Waals surface area (Å²) in [5, 5.41) is 0. The van der Waals surface area contributed by atoms with Crippen molar-refractivity contribution in [2.45, 2.75) is 90.2 Å². The highest BCUT2D eigenvalue weighted by molar-refractivity contribution is 5.87. The minimum absolute atomic E-state index is 0.0214. The molecule has 1 spiro atoms. The van der Waals surface area contributed by atoms with Crippen molar-refractivity contribution in [1.29, 1.82) is 0 Å². The molecule has 1 aliphatic heterocycles. The number of ether oxygens (including phenoxy) is 1. The number of rotatable bonds is 7. The molecule has 0 atom stereocenters. The van der Waals surface area contributed by atoms with Crippen molar-refractivity contribution in [1.82, 2.24) is 14.8 Å². The Hall–Kier alpha value is -3.20. The monoisotopic (exact) mass is 571 g/mol. The zero-order valence-electron chi connectivity index (χ0n) is 24.3. The Morgan fingerprint density at radius 1 is 1.05 bits per heavy atom. The Bertz CT molecular complexity index is 1200. The van der Waals surface area contributed by atoms with Crippen LogP contribution >= 0.6 is 0 Å². The molecule has 2 saturated carbocycles. The van der Waals surface area contributed by atoms with Crippen LogP contribution < -0.4 is 0 Å². The fourth-order valence-electron chi connectivity index (χ4n) is 5.58. The van der Waals surface area contributed by atoms with Crippen LogP contribution in [0.4, 0.5) is 13.2 Å². The number of benzene rings is 1. The van der Waals surface area contributed by atoms with Crippen LogP contribution in [0.15, 0.2) is 54.7 Å². The fraction of sp³-hybridized carbons (Fsp3) is 0.531. The van der Waals surface area contributed by atoms with Crippen LogP contribution in [-0.4, -0.2) is 63.6 Å². The summed E-state index contributed by atoms with van der Waals surface area (Å²) in [6, 6.07) is 13.3. The standard InChI is InChI=1S/C22H28F3N3O3.C10H12/c1-20(2,3)31-18(29)17-7-4-14(10-26-17)11-27-12-21(13-27)8-16(9-21)28(15-5-6-15)19(30)22(23,24)25;1-2-3-7-10-8-5-4-6-9-10/h4,7,10,15-16H,5-6,8-9,11-13H2,1-3H3;3-9H,2H2,1H3/b;7-3-. The normalized spacial score (nSPS) is 18.7. The SMILES string of the molecule is CC(C)(C)OC(=O)c1ccc(CN2CC3(CC(N(C(=O)C(F)(F)F)C4CC4)C3)C2)cn1.CC/C=C\c1ccccc1. The molecule has 2 heterocycles. The Labute approximate surface area is 240 Å². The minimum atomic E-state index is -4.80. The molecule has 2 aromatic rings. The molecule has 3 aliphatic rings. The number of halogens is 3. The zero-order chi connectivity index (χ0) is 29.8. The number of carbonyl (C=O) groups is 2. The van der Waals surface area contributed by atoms with Gasteiger partial charge in [-0.25, -0.2) is 9.78 Å². The second-order valence-electron chi connectivity index (χ2n) is 12.4. The first-order chi connectivity index (χ1) is 19.3. The first-order valence-corrected chi connectivity index (χ1v) is 14.3. The summed E-state index contributed by atoms with van der Waals surface area (Å²) in [6.07, 6.45) is 4.88. The number of hydrogen-bond acceptors (Lipinski definition) is 5. The summed E-state index contributed by atoms with van der Waals surface area (Å²) in [4.78, 5) is 31.4. The second kappa shape index (κ2) is 12.3. The molecular weight excluding hydrogens is 531 g/mol. The lowest BCUT2D eigenvalue weighted by molar-refractivity contribution is -0.197. The average molecular weight is 572 g/mol. The minimum Gasteiger partial charge on any atom is -0.455 e. The predicted molar refractivity (Wildman–Crippen MR) is 152 cm³/mol. The zero-order valence-corrected chi connectivity index (χ0v) is 24.3. The molecule has 1 saturated heterocycles. The van der Waals surface area contributed by atoms with Gasteiger partial charge in [-0.05, 0) is 75.5 Å². The highest BCUT2D eigenvalue weighted by Gasteiger charge is 2.58.